The molecule has 1 aliphatic rings. The zero-order valence-electron chi connectivity index (χ0n) is 18.0. The van der Waals surface area contributed by atoms with Crippen molar-refractivity contribution in [2.24, 2.45) is 0 Å². The van der Waals surface area contributed by atoms with E-state index in [1.807, 2.05) is 17.6 Å². The number of phenolic OH excluding ortho intramolecular Hbond substituents is 1. The molecule has 1 aliphatic carbocycles. The molecule has 0 bridgehead atoms. The lowest BCUT2D eigenvalue weighted by Crippen LogP contribution is -2.39. The Morgan fingerprint density at radius 1 is 1.25 bits per heavy atom. The molecule has 1 aromatic heterocycles. The van der Waals surface area contributed by atoms with Crippen molar-refractivity contribution in [1.82, 2.24) is 9.88 Å². The van der Waals surface area contributed by atoms with Gasteiger partial charge in [0, 0.05) is 29.1 Å². The average Bonchev–Trinajstić information content (AvgIpc) is 3.06. The van der Waals surface area contributed by atoms with Crippen LogP contribution in [-0.4, -0.2) is 32.7 Å². The second-order valence-electron chi connectivity index (χ2n) is 8.35. The molecule has 0 fully saturated rings. The van der Waals surface area contributed by atoms with Gasteiger partial charge in [-0.25, -0.2) is 9.18 Å². The molecule has 7 heteroatoms. The first kappa shape index (κ1) is 21.9. The van der Waals surface area contributed by atoms with Gasteiger partial charge in [-0.1, -0.05) is 25.1 Å². The number of nitrogens with zero attached hydrogens (tertiary/aromatic N) is 1. The number of amides is 1. The number of carboxylic acid groups (broad SMARTS) is 1. The highest BCUT2D eigenvalue weighted by Gasteiger charge is 2.30. The Balaban J connectivity index is 1.55. The van der Waals surface area contributed by atoms with Gasteiger partial charge in [-0.3, -0.25) is 4.79 Å². The fourth-order valence-electron chi connectivity index (χ4n) is 4.78. The number of carbonyl (C=O) groups excluding carboxylic acids is 1. The largest absolute Gasteiger partial charge is 0.508 e. The maximum Gasteiger partial charge on any atom is 0.326 e. The minimum Gasteiger partial charge on any atom is -0.508 e. The average molecular weight is 438 g/mol. The number of carbonyl (C=O) groups is 2. The molecule has 168 valence electrons. The molecule has 4 rings (SSSR count). The minimum absolute atomic E-state index is 0.103. The number of aryl methyl sites for hydroxylation is 1. The summed E-state index contributed by atoms with van der Waals surface area (Å²) < 4.78 is 15.9. The molecule has 0 radical (unpaired) electrons. The molecule has 2 aromatic carbocycles. The number of benzene rings is 2. The van der Waals surface area contributed by atoms with Crippen molar-refractivity contribution in [3.05, 3.63) is 65.1 Å². The molecule has 3 aromatic rings. The van der Waals surface area contributed by atoms with E-state index in [2.05, 4.69) is 5.32 Å². The number of fused-ring (bicyclic) bond motifs is 3. The number of rotatable bonds is 7. The van der Waals surface area contributed by atoms with E-state index in [4.69, 9.17) is 0 Å². The Morgan fingerprint density at radius 3 is 2.75 bits per heavy atom. The van der Waals surface area contributed by atoms with E-state index >= 15 is 0 Å². The van der Waals surface area contributed by atoms with E-state index in [1.54, 1.807) is 24.3 Å². The summed E-state index contributed by atoms with van der Waals surface area (Å²) in [6.07, 6.45) is 2.95. The summed E-state index contributed by atoms with van der Waals surface area (Å²) in [4.78, 5) is 24.4. The lowest BCUT2D eigenvalue weighted by atomic mass is 9.91. The molecule has 2 unspecified atom stereocenters. The van der Waals surface area contributed by atoms with Gasteiger partial charge in [-0.15, -0.1) is 0 Å². The number of hydrogen-bond acceptors (Lipinski definition) is 3. The Bertz CT molecular complexity index is 1170. The Hall–Kier alpha value is -3.35. The van der Waals surface area contributed by atoms with E-state index in [0.717, 1.165) is 22.3 Å². The third kappa shape index (κ3) is 4.20. The summed E-state index contributed by atoms with van der Waals surface area (Å²) in [7, 11) is 0. The van der Waals surface area contributed by atoms with Crippen LogP contribution in [0.25, 0.3) is 10.9 Å². The highest BCUT2D eigenvalue weighted by atomic mass is 19.1. The second-order valence-corrected chi connectivity index (χ2v) is 8.35. The number of aliphatic carboxylic acids is 1. The lowest BCUT2D eigenvalue weighted by Gasteiger charge is -2.26. The quantitative estimate of drug-likeness (QED) is 0.517. The number of hydrogen-bond donors (Lipinski definition) is 3. The number of aromatic hydroxyl groups is 1. The molecule has 2 atom stereocenters. The summed E-state index contributed by atoms with van der Waals surface area (Å²) in [5, 5.41) is 23.4. The molecule has 32 heavy (non-hydrogen) atoms. The number of para-hydroxylation sites is 1. The van der Waals surface area contributed by atoms with Crippen LogP contribution in [0.5, 0.6) is 5.75 Å². The van der Waals surface area contributed by atoms with Gasteiger partial charge in [0.25, 0.3) is 0 Å². The number of aromatic nitrogens is 1. The van der Waals surface area contributed by atoms with Crippen LogP contribution < -0.4 is 5.32 Å². The first-order valence-corrected chi connectivity index (χ1v) is 11.0. The number of carboxylic acids is 1. The highest BCUT2D eigenvalue weighted by Crippen LogP contribution is 2.36. The third-order valence-corrected chi connectivity index (χ3v) is 6.32. The van der Waals surface area contributed by atoms with E-state index < -0.39 is 12.0 Å². The van der Waals surface area contributed by atoms with Crippen LogP contribution in [0, 0.1) is 5.82 Å². The van der Waals surface area contributed by atoms with Crippen LogP contribution in [0.3, 0.4) is 0 Å². The van der Waals surface area contributed by atoms with Crippen LogP contribution in [0.4, 0.5) is 4.39 Å². The molecular weight excluding hydrogens is 411 g/mol. The van der Waals surface area contributed by atoms with Gasteiger partial charge in [-0.2, -0.15) is 0 Å². The Morgan fingerprint density at radius 2 is 2.03 bits per heavy atom. The van der Waals surface area contributed by atoms with Gasteiger partial charge < -0.3 is 20.1 Å². The van der Waals surface area contributed by atoms with E-state index in [9.17, 15) is 24.2 Å². The van der Waals surface area contributed by atoms with Crippen molar-refractivity contribution in [2.45, 2.75) is 57.5 Å². The van der Waals surface area contributed by atoms with Gasteiger partial charge in [0.15, 0.2) is 0 Å². The van der Waals surface area contributed by atoms with Gasteiger partial charge >= 0.3 is 5.97 Å². The van der Waals surface area contributed by atoms with Crippen molar-refractivity contribution in [3.8, 4) is 5.75 Å². The van der Waals surface area contributed by atoms with Crippen molar-refractivity contribution < 1.29 is 24.2 Å². The molecule has 1 amide bonds. The molecular formula is C25H27FN2O4. The highest BCUT2D eigenvalue weighted by molar-refractivity contribution is 5.88. The monoisotopic (exact) mass is 438 g/mol. The van der Waals surface area contributed by atoms with Gasteiger partial charge in [-0.05, 0) is 67.5 Å². The van der Waals surface area contributed by atoms with Crippen molar-refractivity contribution >= 4 is 22.8 Å². The maximum absolute atomic E-state index is 14.0. The van der Waals surface area contributed by atoms with E-state index in [-0.39, 0.29) is 29.9 Å². The van der Waals surface area contributed by atoms with Crippen LogP contribution in [0.2, 0.25) is 0 Å². The Kier molecular flexibility index (Phi) is 6.17. The van der Waals surface area contributed by atoms with Gasteiger partial charge in [0.2, 0.25) is 5.91 Å². The van der Waals surface area contributed by atoms with Gasteiger partial charge in [0.05, 0.1) is 0 Å². The zero-order chi connectivity index (χ0) is 22.8. The first-order valence-electron chi connectivity index (χ1n) is 11.0. The molecule has 0 aliphatic heterocycles. The maximum atomic E-state index is 14.0. The fraction of sp³-hybridized carbons (Fsp3) is 0.360. The van der Waals surface area contributed by atoms with Crippen LogP contribution in [-0.2, 0) is 28.9 Å². The van der Waals surface area contributed by atoms with Crippen LogP contribution >= 0.6 is 0 Å². The summed E-state index contributed by atoms with van der Waals surface area (Å²) >= 11 is 0. The topological polar surface area (TPSA) is 91.6 Å². The summed E-state index contributed by atoms with van der Waals surface area (Å²) in [5.74, 6) is -1.19. The molecule has 0 spiro atoms. The smallest absolute Gasteiger partial charge is 0.326 e. The molecule has 3 N–H and O–H groups in total. The predicted molar refractivity (Wildman–Crippen MR) is 119 cm³/mol. The summed E-state index contributed by atoms with van der Waals surface area (Å²) in [6.45, 7) is 1.83. The molecule has 1 heterocycles. The Labute approximate surface area is 185 Å². The second kappa shape index (κ2) is 9.02. The van der Waals surface area contributed by atoms with Crippen LogP contribution in [0.1, 0.15) is 49.0 Å². The predicted octanol–water partition coefficient (Wildman–Crippen LogP) is 4.13. The normalized spacial score (nSPS) is 16.5. The minimum atomic E-state index is -0.906. The zero-order valence-corrected chi connectivity index (χ0v) is 18.0. The van der Waals surface area contributed by atoms with E-state index in [1.165, 1.54) is 12.1 Å². The van der Waals surface area contributed by atoms with Crippen molar-refractivity contribution in [1.29, 1.82) is 0 Å². The van der Waals surface area contributed by atoms with Crippen molar-refractivity contribution in [3.63, 3.8) is 0 Å². The van der Waals surface area contributed by atoms with Crippen LogP contribution in [0.15, 0.2) is 42.5 Å². The molecule has 0 saturated carbocycles. The lowest BCUT2D eigenvalue weighted by molar-refractivity contribution is -0.141. The standard InChI is InChI=1S/C25H27FN2O4/c1-2-20(25(31)32)28-21-10-8-16(26)13-18(21)19-14-17(9-11-22(19)28)27-24(30)12-7-15-5-3-4-6-23(15)29/h3-6,8,10,13,17,20,29H,2,7,9,11-12,14H2,1H3,(H,27,30)(H,31,32). The SMILES string of the molecule is CCC(C(=O)O)n1c2c(c3cc(F)ccc31)CC(NC(=O)CCc1ccccc1O)CC2. The molecule has 6 nitrogen and oxygen atoms in total. The fourth-order valence-corrected chi connectivity index (χ4v) is 4.78. The van der Waals surface area contributed by atoms with Crippen molar-refractivity contribution in [2.75, 3.05) is 0 Å². The first-order chi connectivity index (χ1) is 15.4. The molecule has 0 saturated heterocycles. The van der Waals surface area contributed by atoms with E-state index in [0.29, 0.717) is 37.5 Å². The summed E-state index contributed by atoms with van der Waals surface area (Å²) in [6, 6.07) is 10.6. The third-order valence-electron chi connectivity index (χ3n) is 6.32. The number of halogens is 1. The van der Waals surface area contributed by atoms with Gasteiger partial charge in [0.1, 0.15) is 17.6 Å². The number of nitrogens with one attached hydrogen (secondary N) is 1. The summed E-state index contributed by atoms with van der Waals surface area (Å²) in [5.41, 5.74) is 3.28. The number of phenols is 1.